The number of hydrogen-bond donors (Lipinski definition) is 15. The number of carbonyl (C=O) groups excluding carboxylic acids is 5. The molecule has 0 radical (unpaired) electrons. The summed E-state index contributed by atoms with van der Waals surface area (Å²) in [5, 5.41) is 151. The van der Waals surface area contributed by atoms with Gasteiger partial charge in [0.2, 0.25) is 11.8 Å². The van der Waals surface area contributed by atoms with Crippen molar-refractivity contribution in [1.29, 1.82) is 0 Å². The third-order valence-electron chi connectivity index (χ3n) is 11.6. The van der Waals surface area contributed by atoms with E-state index < -0.39 is 162 Å². The minimum absolute atomic E-state index is 0. The topological polar surface area (TPSA) is 499 Å². The van der Waals surface area contributed by atoms with E-state index in [0.717, 1.165) is 9.80 Å². The number of ketones is 2. The third kappa shape index (κ3) is 16.3. The van der Waals surface area contributed by atoms with Crippen LogP contribution in [0.1, 0.15) is 44.8 Å². The number of carbonyl (C=O) groups is 5. The van der Waals surface area contributed by atoms with E-state index in [9.17, 15) is 84.6 Å². The molecule has 32 heteroatoms. The molecule has 5 saturated heterocycles. The van der Waals surface area contributed by atoms with E-state index in [-0.39, 0.29) is 75.2 Å². The number of aliphatic hydroxyl groups excluding tert-OH is 15. The summed E-state index contributed by atoms with van der Waals surface area (Å²) >= 11 is 0. The molecule has 0 spiro atoms. The Bertz CT molecular complexity index is 2000. The van der Waals surface area contributed by atoms with Crippen LogP contribution in [-0.4, -0.2) is 269 Å². The van der Waals surface area contributed by atoms with Crippen LogP contribution >= 0.6 is 0 Å². The number of Topliss-reactive ketones (excluding diaryl/α,β-unsaturated/α-hetero) is 2. The van der Waals surface area contributed by atoms with Gasteiger partial charge in [0.25, 0.3) is 5.56 Å². The molecule has 0 bridgehead atoms. The molecule has 0 aromatic carbocycles. The van der Waals surface area contributed by atoms with Gasteiger partial charge in [0.1, 0.15) is 110 Å². The molecule has 5 aliphatic rings. The van der Waals surface area contributed by atoms with E-state index in [1.165, 1.54) is 28.2 Å². The van der Waals surface area contributed by atoms with Crippen LogP contribution in [0.25, 0.3) is 0 Å². The number of imide groups is 2. The van der Waals surface area contributed by atoms with E-state index in [4.69, 9.17) is 44.8 Å². The first-order chi connectivity index (χ1) is 32.9. The second kappa shape index (κ2) is 29.7. The molecule has 4 amide bonds. The predicted octanol–water partition coefficient (Wildman–Crippen LogP) is -14.2. The normalized spacial score (nSPS) is 34.4. The van der Waals surface area contributed by atoms with Crippen LogP contribution < -0.4 is 45.9 Å². The van der Waals surface area contributed by atoms with Gasteiger partial charge >= 0.3 is 41.3 Å². The van der Waals surface area contributed by atoms with Gasteiger partial charge in [0, 0.05) is 41.0 Å². The van der Waals surface area contributed by atoms with Crippen molar-refractivity contribution in [2.24, 2.45) is 14.1 Å². The van der Waals surface area contributed by atoms with E-state index in [2.05, 4.69) is 4.74 Å². The molecule has 0 aliphatic carbocycles. The van der Waals surface area contributed by atoms with E-state index >= 15 is 0 Å². The number of aliphatic hydroxyl groups is 15. The van der Waals surface area contributed by atoms with Crippen LogP contribution in [0.5, 0.6) is 5.88 Å². The van der Waals surface area contributed by atoms with E-state index in [1.807, 2.05) is 0 Å². The zero-order valence-corrected chi connectivity index (χ0v) is 42.2. The molecule has 6 rings (SSSR count). The summed E-state index contributed by atoms with van der Waals surface area (Å²) in [6.45, 7) is 2.24. The molecule has 5 aliphatic heterocycles. The molecule has 1 aromatic heterocycles. The summed E-state index contributed by atoms with van der Waals surface area (Å²) in [7, 11) is 5.09. The molecule has 0 saturated carbocycles. The Labute approximate surface area is 431 Å². The summed E-state index contributed by atoms with van der Waals surface area (Å²) in [5.74, 6) is -2.73. The molecular formula is C40H65N4NaO27. The summed E-state index contributed by atoms with van der Waals surface area (Å²) in [4.78, 5) is 80.4. The van der Waals surface area contributed by atoms with E-state index in [0.29, 0.717) is 9.13 Å². The quantitative estimate of drug-likeness (QED) is 0.0890. The molecule has 6 heterocycles. The fourth-order valence-electron chi connectivity index (χ4n) is 6.75. The Morgan fingerprint density at radius 1 is 0.542 bits per heavy atom. The van der Waals surface area contributed by atoms with Gasteiger partial charge in [-0.25, -0.2) is 9.59 Å². The molecule has 408 valence electrons. The van der Waals surface area contributed by atoms with Crippen LogP contribution in [0, 0.1) is 0 Å². The van der Waals surface area contributed by atoms with Gasteiger partial charge in [0.15, 0.2) is 17.9 Å². The van der Waals surface area contributed by atoms with Gasteiger partial charge < -0.3 is 105 Å². The first-order valence-corrected chi connectivity index (χ1v) is 21.7. The molecular weight excluding hydrogens is 991 g/mol. The standard InChI is InChI=1S/C11H16N2O7.2C9H16O6.C6H8N2O3.C5H10O5.Na/c1-12-9(17)5(10(18)13(2)11(12)19)8-7(16)6(15)4(14)3-20-8;2*1-2-4(10)7(13)9-8(14)6(12)5(11)3-15-9;1-7-4(9)3-5(10)8(2)6(7)11;6-2-1-10-5(9)4(8)3(2)7;/h4,6-8,14-17H,3H2,1-2H3;2*5-9,11-14H,2-3H2,1H3;3H2,1-2H3;2-9H,1H2;/q;;;;;+1/p-1/t4-,6+,7-,8?;2*5-,6+,7?,8-,9?;;2-,3+,4-,5?;/m111.1./s1. The largest absolute Gasteiger partial charge is 1.00 e. The molecule has 5 fully saturated rings. The van der Waals surface area contributed by atoms with Gasteiger partial charge in [-0.3, -0.25) is 38.3 Å². The number of aromatic nitrogens is 2. The number of rotatable bonds is 7. The first kappa shape index (κ1) is 66.7. The van der Waals surface area contributed by atoms with Crippen LogP contribution in [0.3, 0.4) is 0 Å². The number of barbiturate groups is 1. The summed E-state index contributed by atoms with van der Waals surface area (Å²) in [6, 6.07) is -0.564. The Kier molecular flexibility index (Phi) is 27.5. The Morgan fingerprint density at radius 3 is 1.26 bits per heavy atom. The number of hydrogen-bond acceptors (Lipinski definition) is 27. The Morgan fingerprint density at radius 2 is 0.889 bits per heavy atom. The second-order valence-electron chi connectivity index (χ2n) is 16.6. The molecule has 15 N–H and O–H groups in total. The monoisotopic (exact) mass is 1060 g/mol. The maximum absolute atomic E-state index is 12.0. The minimum Gasteiger partial charge on any atom is -0.860 e. The first-order valence-electron chi connectivity index (χ1n) is 21.7. The minimum atomic E-state index is -1.64. The van der Waals surface area contributed by atoms with Crippen LogP contribution in [-0.2, 0) is 52.2 Å². The van der Waals surface area contributed by atoms with Crippen molar-refractivity contribution in [3.63, 3.8) is 0 Å². The zero-order chi connectivity index (χ0) is 54.7. The van der Waals surface area contributed by atoms with E-state index in [1.54, 1.807) is 13.8 Å². The molecule has 31 nitrogen and oxygen atoms in total. The molecule has 18 atom stereocenters. The second-order valence-corrected chi connectivity index (χ2v) is 16.6. The van der Waals surface area contributed by atoms with Gasteiger partial charge in [-0.15, -0.1) is 0 Å². The molecule has 1 aromatic rings. The zero-order valence-electron chi connectivity index (χ0n) is 40.2. The smallest absolute Gasteiger partial charge is 0.860 e. The number of nitrogens with zero attached hydrogens (tertiary/aromatic N) is 4. The van der Waals surface area contributed by atoms with Crippen LogP contribution in [0.2, 0.25) is 0 Å². The van der Waals surface area contributed by atoms with Crippen molar-refractivity contribution in [2.45, 2.75) is 143 Å². The molecule has 6 unspecified atom stereocenters. The number of urea groups is 1. The van der Waals surface area contributed by atoms with Gasteiger partial charge in [0.05, 0.1) is 32.0 Å². The summed E-state index contributed by atoms with van der Waals surface area (Å²) in [5.41, 5.74) is -2.14. The van der Waals surface area contributed by atoms with Crippen molar-refractivity contribution in [3.05, 3.63) is 26.4 Å². The van der Waals surface area contributed by atoms with Crippen LogP contribution in [0.15, 0.2) is 9.59 Å². The number of amides is 4. The SMILES string of the molecule is CCC(=O)C(O)C1OC[C@@H](O)[C@H](O)[C@H]1O.CCC(=O)C(O)C1OC[C@@H](O)[C@H](O)[C@H]1O.CN1C(=O)CC(=O)N(C)C1=O.Cn1c([O-])c(C2OC[C@@H](O)[C@H](O)[C@H]2O)c(=O)n(C)c1=O.OC1OC[C@@H](O)[C@H](O)[C@H]1O.[Na+]. The fraction of sp³-hybridized carbons (Fsp3) is 0.775. The maximum atomic E-state index is 12.0. The summed E-state index contributed by atoms with van der Waals surface area (Å²) in [6.07, 6.45) is -24.5. The average Bonchev–Trinajstić information content (AvgIpc) is 3.35. The number of ether oxygens (including phenoxy) is 4. The Hall–Kier alpha value is -3.33. The maximum Gasteiger partial charge on any atom is 1.00 e. The van der Waals surface area contributed by atoms with Gasteiger partial charge in [-0.1, -0.05) is 13.8 Å². The van der Waals surface area contributed by atoms with Crippen molar-refractivity contribution < 1.29 is 154 Å². The van der Waals surface area contributed by atoms with Crippen molar-refractivity contribution >= 4 is 29.4 Å². The predicted molar refractivity (Wildman–Crippen MR) is 227 cm³/mol. The van der Waals surface area contributed by atoms with Gasteiger partial charge in [-0.05, 0) is 5.88 Å². The van der Waals surface area contributed by atoms with Gasteiger partial charge in [-0.2, -0.15) is 0 Å². The molecule has 72 heavy (non-hydrogen) atoms. The fourth-order valence-corrected chi connectivity index (χ4v) is 6.75. The van der Waals surface area contributed by atoms with Crippen molar-refractivity contribution in [3.8, 4) is 5.88 Å². The van der Waals surface area contributed by atoms with Crippen LogP contribution in [0.4, 0.5) is 4.79 Å². The summed E-state index contributed by atoms with van der Waals surface area (Å²) < 4.78 is 20.8. The third-order valence-corrected chi connectivity index (χ3v) is 11.6. The van der Waals surface area contributed by atoms with Crippen molar-refractivity contribution in [1.82, 2.24) is 18.9 Å². The van der Waals surface area contributed by atoms with Crippen molar-refractivity contribution in [2.75, 3.05) is 40.5 Å². The Balaban J connectivity index is 0.000000458. The average molecular weight is 1060 g/mol.